The highest BCUT2D eigenvalue weighted by Crippen LogP contribution is 2.22. The number of carbonyl (C=O) groups is 1. The van der Waals surface area contributed by atoms with E-state index in [1.165, 1.54) is 11.1 Å². The molecule has 0 spiro atoms. The molecule has 21 heavy (non-hydrogen) atoms. The van der Waals surface area contributed by atoms with Crippen LogP contribution < -0.4 is 5.32 Å². The standard InChI is InChI=1S/C18H30N2O/c1-13(2)19-17(21)14(3)20(7)12-15-8-10-16(11-9-15)18(4,5)6/h8-11,13-14H,12H2,1-7H3,(H,19,21)/t14-/m1/s1. The second-order valence-electron chi connectivity index (χ2n) is 7.20. The number of rotatable bonds is 5. The van der Waals surface area contributed by atoms with Crippen LogP contribution in [0.2, 0.25) is 0 Å². The Bertz CT molecular complexity index is 457. The van der Waals surface area contributed by atoms with E-state index in [0.29, 0.717) is 0 Å². The van der Waals surface area contributed by atoms with Crippen molar-refractivity contribution in [3.8, 4) is 0 Å². The van der Waals surface area contributed by atoms with Crippen molar-refractivity contribution in [1.82, 2.24) is 10.2 Å². The summed E-state index contributed by atoms with van der Waals surface area (Å²) in [4.78, 5) is 14.1. The van der Waals surface area contributed by atoms with E-state index in [9.17, 15) is 4.79 Å². The van der Waals surface area contributed by atoms with Crippen LogP contribution in [0.25, 0.3) is 0 Å². The average Bonchev–Trinajstić information content (AvgIpc) is 2.36. The van der Waals surface area contributed by atoms with E-state index in [2.05, 4.69) is 55.3 Å². The second kappa shape index (κ2) is 7.08. The number of carbonyl (C=O) groups excluding carboxylic acids is 1. The first kappa shape index (κ1) is 17.7. The number of nitrogens with one attached hydrogen (secondary N) is 1. The topological polar surface area (TPSA) is 32.3 Å². The summed E-state index contributed by atoms with van der Waals surface area (Å²) in [6, 6.07) is 8.73. The van der Waals surface area contributed by atoms with Crippen molar-refractivity contribution in [2.75, 3.05) is 7.05 Å². The van der Waals surface area contributed by atoms with Crippen molar-refractivity contribution in [2.24, 2.45) is 0 Å². The van der Waals surface area contributed by atoms with Gasteiger partial charge in [-0.05, 0) is 44.4 Å². The van der Waals surface area contributed by atoms with E-state index >= 15 is 0 Å². The number of hydrogen-bond acceptors (Lipinski definition) is 2. The molecule has 0 saturated heterocycles. The molecule has 0 heterocycles. The lowest BCUT2D eigenvalue weighted by atomic mass is 9.87. The second-order valence-corrected chi connectivity index (χ2v) is 7.20. The Labute approximate surface area is 129 Å². The van der Waals surface area contributed by atoms with E-state index in [0.717, 1.165) is 6.54 Å². The summed E-state index contributed by atoms with van der Waals surface area (Å²) < 4.78 is 0. The van der Waals surface area contributed by atoms with E-state index in [4.69, 9.17) is 0 Å². The Morgan fingerprint density at radius 3 is 2.10 bits per heavy atom. The molecule has 1 atom stereocenters. The highest BCUT2D eigenvalue weighted by atomic mass is 16.2. The molecule has 1 amide bonds. The molecule has 1 aromatic rings. The Balaban J connectivity index is 2.66. The van der Waals surface area contributed by atoms with Gasteiger partial charge in [0.15, 0.2) is 0 Å². The van der Waals surface area contributed by atoms with Gasteiger partial charge in [0.1, 0.15) is 0 Å². The lowest BCUT2D eigenvalue weighted by molar-refractivity contribution is -0.126. The summed E-state index contributed by atoms with van der Waals surface area (Å²) in [6.07, 6.45) is 0. The van der Waals surface area contributed by atoms with Crippen LogP contribution >= 0.6 is 0 Å². The van der Waals surface area contributed by atoms with Crippen molar-refractivity contribution in [3.63, 3.8) is 0 Å². The molecule has 0 radical (unpaired) electrons. The van der Waals surface area contributed by atoms with E-state index < -0.39 is 0 Å². The lowest BCUT2D eigenvalue weighted by Gasteiger charge is -2.25. The van der Waals surface area contributed by atoms with Crippen LogP contribution in [0.1, 0.15) is 52.7 Å². The molecular weight excluding hydrogens is 260 g/mol. The van der Waals surface area contributed by atoms with Gasteiger partial charge in [-0.25, -0.2) is 0 Å². The summed E-state index contributed by atoms with van der Waals surface area (Å²) in [5.41, 5.74) is 2.74. The highest BCUT2D eigenvalue weighted by Gasteiger charge is 2.19. The maximum absolute atomic E-state index is 12.0. The van der Waals surface area contributed by atoms with E-state index in [1.807, 2.05) is 27.8 Å². The fourth-order valence-corrected chi connectivity index (χ4v) is 2.14. The summed E-state index contributed by atoms with van der Waals surface area (Å²) >= 11 is 0. The number of benzene rings is 1. The minimum absolute atomic E-state index is 0.0822. The van der Waals surface area contributed by atoms with Gasteiger partial charge in [0, 0.05) is 12.6 Å². The van der Waals surface area contributed by atoms with Crippen LogP contribution in [0.15, 0.2) is 24.3 Å². The fourth-order valence-electron chi connectivity index (χ4n) is 2.14. The molecular formula is C18H30N2O. The van der Waals surface area contributed by atoms with Crippen LogP contribution in [-0.4, -0.2) is 29.9 Å². The van der Waals surface area contributed by atoms with Crippen molar-refractivity contribution in [1.29, 1.82) is 0 Å². The number of amides is 1. The van der Waals surface area contributed by atoms with Crippen LogP contribution in [-0.2, 0) is 16.8 Å². The molecule has 0 bridgehead atoms. The number of nitrogens with zero attached hydrogens (tertiary/aromatic N) is 1. The first-order chi connectivity index (χ1) is 9.61. The van der Waals surface area contributed by atoms with Crippen molar-refractivity contribution < 1.29 is 4.79 Å². The predicted molar refractivity (Wildman–Crippen MR) is 89.3 cm³/mol. The smallest absolute Gasteiger partial charge is 0.237 e. The first-order valence-corrected chi connectivity index (χ1v) is 7.71. The van der Waals surface area contributed by atoms with Crippen LogP contribution in [0.3, 0.4) is 0 Å². The lowest BCUT2D eigenvalue weighted by Crippen LogP contribution is -2.45. The third kappa shape index (κ3) is 5.50. The summed E-state index contributed by atoms with van der Waals surface area (Å²) in [7, 11) is 1.99. The molecule has 118 valence electrons. The summed E-state index contributed by atoms with van der Waals surface area (Å²) in [6.45, 7) is 13.3. The van der Waals surface area contributed by atoms with Gasteiger partial charge in [-0.3, -0.25) is 9.69 Å². The highest BCUT2D eigenvalue weighted by molar-refractivity contribution is 5.81. The monoisotopic (exact) mass is 290 g/mol. The minimum Gasteiger partial charge on any atom is -0.353 e. The van der Waals surface area contributed by atoms with E-state index in [-0.39, 0.29) is 23.4 Å². The third-order valence-corrected chi connectivity index (χ3v) is 3.72. The zero-order valence-electron chi connectivity index (χ0n) is 14.5. The van der Waals surface area contributed by atoms with Gasteiger partial charge < -0.3 is 5.32 Å². The van der Waals surface area contributed by atoms with Gasteiger partial charge in [-0.2, -0.15) is 0 Å². The van der Waals surface area contributed by atoms with E-state index in [1.54, 1.807) is 0 Å². The van der Waals surface area contributed by atoms with Gasteiger partial charge in [0.25, 0.3) is 0 Å². The fraction of sp³-hybridized carbons (Fsp3) is 0.611. The molecule has 0 fully saturated rings. The van der Waals surface area contributed by atoms with Crippen molar-refractivity contribution in [3.05, 3.63) is 35.4 Å². The summed E-state index contributed by atoms with van der Waals surface area (Å²) in [5.74, 6) is 0.0822. The molecule has 1 rings (SSSR count). The molecule has 0 saturated carbocycles. The van der Waals surface area contributed by atoms with Crippen LogP contribution in [0.5, 0.6) is 0 Å². The largest absolute Gasteiger partial charge is 0.353 e. The first-order valence-electron chi connectivity index (χ1n) is 7.71. The number of hydrogen-bond donors (Lipinski definition) is 1. The van der Waals surface area contributed by atoms with Crippen molar-refractivity contribution >= 4 is 5.91 Å². The van der Waals surface area contributed by atoms with Gasteiger partial charge in [-0.15, -0.1) is 0 Å². The van der Waals surface area contributed by atoms with Gasteiger partial charge in [-0.1, -0.05) is 45.0 Å². The molecule has 0 aromatic heterocycles. The zero-order chi connectivity index (χ0) is 16.2. The van der Waals surface area contributed by atoms with Crippen molar-refractivity contribution in [2.45, 2.75) is 65.6 Å². The maximum atomic E-state index is 12.0. The third-order valence-electron chi connectivity index (χ3n) is 3.72. The molecule has 1 aromatic carbocycles. The van der Waals surface area contributed by atoms with Gasteiger partial charge in [0.05, 0.1) is 6.04 Å². The van der Waals surface area contributed by atoms with Crippen LogP contribution in [0.4, 0.5) is 0 Å². The Kier molecular flexibility index (Phi) is 5.97. The quantitative estimate of drug-likeness (QED) is 0.902. The SMILES string of the molecule is CC(C)NC(=O)[C@@H](C)N(C)Cc1ccc(C(C)(C)C)cc1. The minimum atomic E-state index is -0.130. The Morgan fingerprint density at radius 2 is 1.67 bits per heavy atom. The predicted octanol–water partition coefficient (Wildman–Crippen LogP) is 3.33. The van der Waals surface area contributed by atoms with Gasteiger partial charge in [0.2, 0.25) is 5.91 Å². The maximum Gasteiger partial charge on any atom is 0.237 e. The molecule has 0 unspecified atom stereocenters. The molecule has 3 heteroatoms. The normalized spacial score (nSPS) is 13.6. The zero-order valence-corrected chi connectivity index (χ0v) is 14.5. The molecule has 3 nitrogen and oxygen atoms in total. The molecule has 0 aliphatic rings. The molecule has 1 N–H and O–H groups in total. The molecule has 0 aliphatic carbocycles. The number of likely N-dealkylation sites (N-methyl/N-ethyl adjacent to an activating group) is 1. The summed E-state index contributed by atoms with van der Waals surface area (Å²) in [5, 5.41) is 2.96. The van der Waals surface area contributed by atoms with Crippen LogP contribution in [0, 0.1) is 0 Å². The molecule has 0 aliphatic heterocycles. The Morgan fingerprint density at radius 1 is 1.14 bits per heavy atom. The van der Waals surface area contributed by atoms with Gasteiger partial charge >= 0.3 is 0 Å². The Hall–Kier alpha value is -1.35. The average molecular weight is 290 g/mol.